The van der Waals surface area contributed by atoms with Gasteiger partial charge in [0.1, 0.15) is 5.69 Å². The van der Waals surface area contributed by atoms with E-state index in [1.807, 2.05) is 11.9 Å². The van der Waals surface area contributed by atoms with Gasteiger partial charge in [0.15, 0.2) is 0 Å². The summed E-state index contributed by atoms with van der Waals surface area (Å²) in [5, 5.41) is 7.45. The van der Waals surface area contributed by atoms with E-state index in [0.29, 0.717) is 23.7 Å². The Hall–Kier alpha value is -1.36. The number of nitrogens with zero attached hydrogens (tertiary/aromatic N) is 3. The summed E-state index contributed by atoms with van der Waals surface area (Å²) in [6.07, 6.45) is 2.79. The fourth-order valence-electron chi connectivity index (χ4n) is 3.23. The van der Waals surface area contributed by atoms with Gasteiger partial charge in [-0.15, -0.1) is 0 Å². The normalized spacial score (nSPS) is 31.9. The van der Waals surface area contributed by atoms with Crippen molar-refractivity contribution in [3.8, 4) is 0 Å². The molecule has 3 rings (SSSR count). The lowest BCUT2D eigenvalue weighted by Crippen LogP contribution is -2.43. The van der Waals surface area contributed by atoms with E-state index in [4.69, 9.17) is 0 Å². The molecule has 2 aliphatic rings. The highest BCUT2D eigenvalue weighted by Crippen LogP contribution is 2.33. The van der Waals surface area contributed by atoms with Gasteiger partial charge in [0, 0.05) is 38.4 Å². The molecule has 1 amide bonds. The maximum absolute atomic E-state index is 12.5. The van der Waals surface area contributed by atoms with Gasteiger partial charge in [0.2, 0.25) is 0 Å². The number of amides is 1. The molecule has 1 aromatic heterocycles. The predicted octanol–water partition coefficient (Wildman–Crippen LogP) is 0.242. The number of aromatic nitrogens is 2. The second kappa shape index (κ2) is 3.84. The van der Waals surface area contributed by atoms with Crippen molar-refractivity contribution in [1.82, 2.24) is 20.0 Å². The summed E-state index contributed by atoms with van der Waals surface area (Å²) in [5.74, 6) is 0.746. The van der Waals surface area contributed by atoms with Gasteiger partial charge in [0.05, 0.1) is 0 Å². The van der Waals surface area contributed by atoms with E-state index in [1.54, 1.807) is 16.9 Å². The van der Waals surface area contributed by atoms with Crippen LogP contribution in [0.2, 0.25) is 0 Å². The summed E-state index contributed by atoms with van der Waals surface area (Å²) in [4.78, 5) is 14.6. The Kier molecular flexibility index (Phi) is 2.43. The summed E-state index contributed by atoms with van der Waals surface area (Å²) < 4.78 is 1.66. The average Bonchev–Trinajstić information content (AvgIpc) is 2.92. The standard InChI is InChI=1S/C12H18N4O/c1-8-5-9-6-13-7-11(9)16(8)12(17)10-3-4-14-15(10)2/h3-4,8-9,11,13H,5-7H2,1-2H3. The van der Waals surface area contributed by atoms with Gasteiger partial charge in [-0.05, 0) is 25.3 Å². The number of hydrogen-bond donors (Lipinski definition) is 1. The number of likely N-dealkylation sites (tertiary alicyclic amines) is 1. The number of aryl methyl sites for hydroxylation is 1. The lowest BCUT2D eigenvalue weighted by molar-refractivity contribution is 0.0671. The molecule has 0 radical (unpaired) electrons. The van der Waals surface area contributed by atoms with Crippen molar-refractivity contribution in [1.29, 1.82) is 0 Å². The van der Waals surface area contributed by atoms with Gasteiger partial charge in [-0.3, -0.25) is 9.48 Å². The Bertz CT molecular complexity index is 441. The smallest absolute Gasteiger partial charge is 0.272 e. The first-order valence-corrected chi connectivity index (χ1v) is 6.20. The summed E-state index contributed by atoms with van der Waals surface area (Å²) in [5.41, 5.74) is 0.685. The molecule has 3 atom stereocenters. The monoisotopic (exact) mass is 234 g/mol. The molecule has 2 aliphatic heterocycles. The predicted molar refractivity (Wildman–Crippen MR) is 63.6 cm³/mol. The molecule has 0 aromatic carbocycles. The van der Waals surface area contributed by atoms with Crippen molar-refractivity contribution < 1.29 is 4.79 Å². The molecule has 17 heavy (non-hydrogen) atoms. The first-order chi connectivity index (χ1) is 8.18. The Morgan fingerprint density at radius 3 is 3.06 bits per heavy atom. The first kappa shape index (κ1) is 10.8. The van der Waals surface area contributed by atoms with Crippen LogP contribution in [0.3, 0.4) is 0 Å². The molecule has 92 valence electrons. The molecule has 0 saturated carbocycles. The number of rotatable bonds is 1. The molecule has 0 bridgehead atoms. The fraction of sp³-hybridized carbons (Fsp3) is 0.667. The van der Waals surface area contributed by atoms with Crippen molar-refractivity contribution in [3.63, 3.8) is 0 Å². The number of carbonyl (C=O) groups excluding carboxylic acids is 1. The molecule has 2 saturated heterocycles. The molecular weight excluding hydrogens is 216 g/mol. The number of fused-ring (bicyclic) bond motifs is 1. The van der Waals surface area contributed by atoms with Crippen LogP contribution in [-0.4, -0.2) is 45.8 Å². The summed E-state index contributed by atoms with van der Waals surface area (Å²) >= 11 is 0. The molecule has 3 heterocycles. The zero-order chi connectivity index (χ0) is 12.0. The minimum atomic E-state index is 0.119. The fourth-order valence-corrected chi connectivity index (χ4v) is 3.23. The van der Waals surface area contributed by atoms with Gasteiger partial charge in [-0.2, -0.15) is 5.10 Å². The average molecular weight is 234 g/mol. The van der Waals surface area contributed by atoms with Crippen molar-refractivity contribution in [2.24, 2.45) is 13.0 Å². The minimum absolute atomic E-state index is 0.119. The zero-order valence-electron chi connectivity index (χ0n) is 10.3. The molecular formula is C12H18N4O. The highest BCUT2D eigenvalue weighted by Gasteiger charge is 2.44. The third kappa shape index (κ3) is 1.57. The van der Waals surface area contributed by atoms with Crippen molar-refractivity contribution in [2.75, 3.05) is 13.1 Å². The molecule has 1 N–H and O–H groups in total. The van der Waals surface area contributed by atoms with E-state index in [2.05, 4.69) is 17.3 Å². The molecule has 0 spiro atoms. The van der Waals surface area contributed by atoms with Crippen molar-refractivity contribution in [2.45, 2.75) is 25.4 Å². The maximum Gasteiger partial charge on any atom is 0.272 e. The van der Waals surface area contributed by atoms with E-state index in [-0.39, 0.29) is 5.91 Å². The minimum Gasteiger partial charge on any atom is -0.330 e. The van der Waals surface area contributed by atoms with E-state index >= 15 is 0 Å². The van der Waals surface area contributed by atoms with Crippen molar-refractivity contribution in [3.05, 3.63) is 18.0 Å². The topological polar surface area (TPSA) is 50.2 Å². The van der Waals surface area contributed by atoms with E-state index in [1.165, 1.54) is 0 Å². The Labute approximate surface area is 101 Å². The summed E-state index contributed by atoms with van der Waals surface area (Å²) in [7, 11) is 1.82. The molecule has 0 aliphatic carbocycles. The van der Waals surface area contributed by atoms with Crippen LogP contribution in [0.4, 0.5) is 0 Å². The van der Waals surface area contributed by atoms with Crippen LogP contribution >= 0.6 is 0 Å². The van der Waals surface area contributed by atoms with Crippen LogP contribution in [0.25, 0.3) is 0 Å². The van der Waals surface area contributed by atoms with E-state index < -0.39 is 0 Å². The van der Waals surface area contributed by atoms with Crippen LogP contribution in [-0.2, 0) is 7.05 Å². The maximum atomic E-state index is 12.5. The van der Waals surface area contributed by atoms with Crippen molar-refractivity contribution >= 4 is 5.91 Å². The molecule has 3 unspecified atom stereocenters. The van der Waals surface area contributed by atoms with Crippen LogP contribution in [0, 0.1) is 5.92 Å². The Balaban J connectivity index is 1.88. The number of carbonyl (C=O) groups is 1. The Morgan fingerprint density at radius 1 is 1.53 bits per heavy atom. The number of hydrogen-bond acceptors (Lipinski definition) is 3. The third-order valence-corrected chi connectivity index (χ3v) is 4.05. The highest BCUT2D eigenvalue weighted by atomic mass is 16.2. The molecule has 1 aromatic rings. The van der Waals surface area contributed by atoms with E-state index in [0.717, 1.165) is 19.5 Å². The quantitative estimate of drug-likeness (QED) is 0.757. The van der Waals surface area contributed by atoms with Crippen LogP contribution in [0.15, 0.2) is 12.3 Å². The van der Waals surface area contributed by atoms with Crippen LogP contribution in [0.5, 0.6) is 0 Å². The molecule has 2 fully saturated rings. The summed E-state index contributed by atoms with van der Waals surface area (Å²) in [6, 6.07) is 2.51. The van der Waals surface area contributed by atoms with Crippen LogP contribution in [0.1, 0.15) is 23.8 Å². The van der Waals surface area contributed by atoms with Gasteiger partial charge in [-0.1, -0.05) is 0 Å². The number of nitrogens with one attached hydrogen (secondary N) is 1. The SMILES string of the molecule is CC1CC2CNCC2N1C(=O)c1ccnn1C. The lowest BCUT2D eigenvalue weighted by Gasteiger charge is -2.27. The highest BCUT2D eigenvalue weighted by molar-refractivity contribution is 5.93. The zero-order valence-corrected chi connectivity index (χ0v) is 10.3. The lowest BCUT2D eigenvalue weighted by atomic mass is 10.0. The van der Waals surface area contributed by atoms with Gasteiger partial charge in [-0.25, -0.2) is 0 Å². The first-order valence-electron chi connectivity index (χ1n) is 6.20. The largest absolute Gasteiger partial charge is 0.330 e. The van der Waals surface area contributed by atoms with E-state index in [9.17, 15) is 4.79 Å². The second-order valence-electron chi connectivity index (χ2n) is 5.12. The van der Waals surface area contributed by atoms with Gasteiger partial charge >= 0.3 is 0 Å². The van der Waals surface area contributed by atoms with Crippen LogP contribution < -0.4 is 5.32 Å². The molecule has 5 nitrogen and oxygen atoms in total. The molecule has 5 heteroatoms. The van der Waals surface area contributed by atoms with Gasteiger partial charge in [0.25, 0.3) is 5.91 Å². The Morgan fingerprint density at radius 2 is 2.35 bits per heavy atom. The third-order valence-electron chi connectivity index (χ3n) is 4.05. The second-order valence-corrected chi connectivity index (χ2v) is 5.12. The van der Waals surface area contributed by atoms with Gasteiger partial charge < -0.3 is 10.2 Å². The summed E-state index contributed by atoms with van der Waals surface area (Å²) in [6.45, 7) is 4.12.